The first-order chi connectivity index (χ1) is 15.0. The van der Waals surface area contributed by atoms with Crippen LogP contribution in [0, 0.1) is 0 Å². The lowest BCUT2D eigenvalue weighted by Gasteiger charge is -2.21. The Morgan fingerprint density at radius 2 is 1.87 bits per heavy atom. The molecule has 2 aliphatic rings. The van der Waals surface area contributed by atoms with Crippen molar-refractivity contribution < 1.29 is 9.59 Å². The fourth-order valence-electron chi connectivity index (χ4n) is 4.27. The summed E-state index contributed by atoms with van der Waals surface area (Å²) in [6.07, 6.45) is 8.51. The van der Waals surface area contributed by atoms with E-state index in [1.165, 1.54) is 23.4 Å². The van der Waals surface area contributed by atoms with E-state index in [4.69, 9.17) is 0 Å². The van der Waals surface area contributed by atoms with Gasteiger partial charge in [-0.3, -0.25) is 19.7 Å². The maximum atomic E-state index is 12.9. The molecule has 0 aliphatic carbocycles. The van der Waals surface area contributed by atoms with Crippen LogP contribution < -0.4 is 5.53 Å². The zero-order chi connectivity index (χ0) is 22.2. The van der Waals surface area contributed by atoms with E-state index in [-0.39, 0.29) is 18.0 Å². The van der Waals surface area contributed by atoms with E-state index in [1.54, 1.807) is 0 Å². The SMILES string of the molecule is CCCCN1C=C(CCCCN2C[C@H](Cc3ccccc3)N(C(=O)CC)C2=O)N(C)N1. The smallest absolute Gasteiger partial charge is 0.322 e. The van der Waals surface area contributed by atoms with E-state index >= 15 is 0 Å². The summed E-state index contributed by atoms with van der Waals surface area (Å²) in [6, 6.07) is 9.91. The molecule has 1 aromatic carbocycles. The Hall–Kier alpha value is -2.54. The molecule has 31 heavy (non-hydrogen) atoms. The van der Waals surface area contributed by atoms with E-state index in [9.17, 15) is 9.59 Å². The molecule has 1 aromatic rings. The van der Waals surface area contributed by atoms with Crippen molar-refractivity contribution in [2.24, 2.45) is 0 Å². The van der Waals surface area contributed by atoms with E-state index in [0.29, 0.717) is 25.9 Å². The second-order valence-corrected chi connectivity index (χ2v) is 8.47. The van der Waals surface area contributed by atoms with Crippen molar-refractivity contribution in [3.05, 3.63) is 47.8 Å². The van der Waals surface area contributed by atoms with Gasteiger partial charge in [-0.05, 0) is 37.7 Å². The van der Waals surface area contributed by atoms with Gasteiger partial charge in [0.05, 0.1) is 6.04 Å². The quantitative estimate of drug-likeness (QED) is 0.545. The number of benzene rings is 1. The standard InChI is InChI=1S/C24H37N5O2/c1-4-6-16-28-19-21(26(3)25-28)14-10-11-15-27-18-22(17-20-12-8-7-9-13-20)29(24(27)31)23(30)5-2/h7-9,12-13,19,22,25H,4-6,10-11,14-18H2,1-3H3/t22-/m0/s1. The Balaban J connectivity index is 1.50. The predicted molar refractivity (Wildman–Crippen MR) is 122 cm³/mol. The minimum absolute atomic E-state index is 0.0792. The summed E-state index contributed by atoms with van der Waals surface area (Å²) in [4.78, 5) is 28.8. The van der Waals surface area contributed by atoms with Crippen molar-refractivity contribution >= 4 is 11.9 Å². The van der Waals surface area contributed by atoms with Gasteiger partial charge in [0.1, 0.15) is 0 Å². The first-order valence-corrected chi connectivity index (χ1v) is 11.7. The molecule has 7 nitrogen and oxygen atoms in total. The van der Waals surface area contributed by atoms with Crippen molar-refractivity contribution in [2.75, 3.05) is 26.7 Å². The van der Waals surface area contributed by atoms with Crippen LogP contribution in [0.3, 0.4) is 0 Å². The van der Waals surface area contributed by atoms with Gasteiger partial charge in [0, 0.05) is 45.0 Å². The number of allylic oxidation sites excluding steroid dienone is 1. The highest BCUT2D eigenvalue weighted by atomic mass is 16.2. The lowest BCUT2D eigenvalue weighted by atomic mass is 10.1. The second-order valence-electron chi connectivity index (χ2n) is 8.47. The minimum atomic E-state index is -0.127. The summed E-state index contributed by atoms with van der Waals surface area (Å²) < 4.78 is 0. The average molecular weight is 428 g/mol. The van der Waals surface area contributed by atoms with Crippen LogP contribution in [0.25, 0.3) is 0 Å². The number of nitrogens with zero attached hydrogens (tertiary/aromatic N) is 4. The van der Waals surface area contributed by atoms with Crippen LogP contribution in [0.1, 0.15) is 57.9 Å². The predicted octanol–water partition coefficient (Wildman–Crippen LogP) is 3.75. The van der Waals surface area contributed by atoms with Crippen LogP contribution in [0.15, 0.2) is 42.2 Å². The molecule has 2 heterocycles. The molecule has 0 aromatic heterocycles. The summed E-state index contributed by atoms with van der Waals surface area (Å²) in [6.45, 7) is 6.35. The lowest BCUT2D eigenvalue weighted by Crippen LogP contribution is -2.40. The van der Waals surface area contributed by atoms with Gasteiger partial charge < -0.3 is 4.90 Å². The number of nitrogens with one attached hydrogen (secondary N) is 1. The number of rotatable bonds is 11. The van der Waals surface area contributed by atoms with Gasteiger partial charge in [0.2, 0.25) is 5.91 Å². The minimum Gasteiger partial charge on any atom is -0.322 e. The fourth-order valence-corrected chi connectivity index (χ4v) is 4.27. The first-order valence-electron chi connectivity index (χ1n) is 11.7. The van der Waals surface area contributed by atoms with Gasteiger partial charge in [0.15, 0.2) is 0 Å². The zero-order valence-electron chi connectivity index (χ0n) is 19.2. The molecular formula is C24H37N5O2. The topological polar surface area (TPSA) is 59.1 Å². The number of urea groups is 1. The van der Waals surface area contributed by atoms with Crippen molar-refractivity contribution in [3.63, 3.8) is 0 Å². The number of amides is 3. The molecule has 0 unspecified atom stereocenters. The molecule has 3 rings (SSSR count). The first kappa shape index (κ1) is 23.1. The third-order valence-corrected chi connectivity index (χ3v) is 6.04. The van der Waals surface area contributed by atoms with Gasteiger partial charge >= 0.3 is 6.03 Å². The lowest BCUT2D eigenvalue weighted by molar-refractivity contribution is -0.128. The molecule has 0 radical (unpaired) electrons. The molecule has 1 saturated heterocycles. The van der Waals surface area contributed by atoms with Crippen molar-refractivity contribution in [2.45, 2.75) is 64.8 Å². The largest absolute Gasteiger partial charge is 0.327 e. The second kappa shape index (κ2) is 11.2. The fraction of sp³-hybridized carbons (Fsp3) is 0.583. The highest BCUT2D eigenvalue weighted by Gasteiger charge is 2.40. The molecule has 0 saturated carbocycles. The number of carbonyl (C=O) groups excluding carboxylic acids is 2. The van der Waals surface area contributed by atoms with E-state index in [2.05, 4.69) is 40.8 Å². The summed E-state index contributed by atoms with van der Waals surface area (Å²) in [5.74, 6) is -0.0792. The number of carbonyl (C=O) groups is 2. The van der Waals surface area contributed by atoms with Gasteiger partial charge in [-0.1, -0.05) is 50.6 Å². The molecule has 2 aliphatic heterocycles. The maximum Gasteiger partial charge on any atom is 0.327 e. The molecular weight excluding hydrogens is 390 g/mol. The molecule has 3 amide bonds. The normalized spacial score (nSPS) is 18.9. The Labute approximate surface area is 186 Å². The Bertz CT molecular complexity index is 766. The number of imide groups is 1. The third-order valence-electron chi connectivity index (χ3n) is 6.04. The third kappa shape index (κ3) is 6.00. The van der Waals surface area contributed by atoms with E-state index < -0.39 is 0 Å². The van der Waals surface area contributed by atoms with Gasteiger partial charge in [-0.15, -0.1) is 5.53 Å². The molecule has 7 heteroatoms. The number of hydrazine groups is 2. The number of hydrogen-bond donors (Lipinski definition) is 1. The molecule has 0 bridgehead atoms. The van der Waals surface area contributed by atoms with Crippen molar-refractivity contribution in [1.29, 1.82) is 0 Å². The van der Waals surface area contributed by atoms with Gasteiger partial charge in [-0.2, -0.15) is 0 Å². The maximum absolute atomic E-state index is 12.9. The number of hydrogen-bond acceptors (Lipinski definition) is 5. The van der Waals surface area contributed by atoms with Crippen LogP contribution >= 0.6 is 0 Å². The van der Waals surface area contributed by atoms with Gasteiger partial charge in [0.25, 0.3) is 0 Å². The van der Waals surface area contributed by atoms with Gasteiger partial charge in [-0.25, -0.2) is 4.79 Å². The van der Waals surface area contributed by atoms with Crippen LogP contribution in [-0.2, 0) is 11.2 Å². The molecule has 0 spiro atoms. The average Bonchev–Trinajstić information content (AvgIpc) is 3.28. The van der Waals surface area contributed by atoms with Crippen LogP contribution in [-0.4, -0.2) is 64.5 Å². The molecule has 1 fully saturated rings. The summed E-state index contributed by atoms with van der Waals surface area (Å²) >= 11 is 0. The van der Waals surface area contributed by atoms with Crippen LogP contribution in [0.2, 0.25) is 0 Å². The monoisotopic (exact) mass is 427 g/mol. The molecule has 1 N–H and O–H groups in total. The summed E-state index contributed by atoms with van der Waals surface area (Å²) in [5, 5.41) is 4.22. The van der Waals surface area contributed by atoms with Crippen molar-refractivity contribution in [1.82, 2.24) is 25.4 Å². The highest BCUT2D eigenvalue weighted by molar-refractivity contribution is 5.96. The Kier molecular flexibility index (Phi) is 8.35. The van der Waals surface area contributed by atoms with Crippen LogP contribution in [0.4, 0.5) is 4.79 Å². The Morgan fingerprint density at radius 3 is 2.58 bits per heavy atom. The highest BCUT2D eigenvalue weighted by Crippen LogP contribution is 2.22. The summed E-state index contributed by atoms with van der Waals surface area (Å²) in [7, 11) is 2.05. The number of unbranched alkanes of at least 4 members (excludes halogenated alkanes) is 2. The van der Waals surface area contributed by atoms with E-state index in [1.807, 2.05) is 37.1 Å². The molecule has 1 atom stereocenters. The van der Waals surface area contributed by atoms with Crippen LogP contribution in [0.5, 0.6) is 0 Å². The van der Waals surface area contributed by atoms with E-state index in [0.717, 1.165) is 31.4 Å². The Morgan fingerprint density at radius 1 is 1.10 bits per heavy atom. The summed E-state index contributed by atoms with van der Waals surface area (Å²) in [5.41, 5.74) is 5.78. The zero-order valence-corrected chi connectivity index (χ0v) is 19.2. The van der Waals surface area contributed by atoms with Crippen molar-refractivity contribution in [3.8, 4) is 0 Å². The molecule has 170 valence electrons.